The lowest BCUT2D eigenvalue weighted by atomic mass is 10.1. The second kappa shape index (κ2) is 8.49. The topological polar surface area (TPSA) is 58.8 Å². The molecular weight excluding hydrogens is 366 g/mol. The fraction of sp³-hybridized carbons (Fsp3) is 0.304. The van der Waals surface area contributed by atoms with Crippen molar-refractivity contribution in [3.05, 3.63) is 60.3 Å². The number of nitrogens with zero attached hydrogens (tertiary/aromatic N) is 3. The quantitative estimate of drug-likeness (QED) is 0.662. The summed E-state index contributed by atoms with van der Waals surface area (Å²) in [6.07, 6.45) is 1.69. The molecule has 4 rings (SSSR count). The van der Waals surface area contributed by atoms with Crippen LogP contribution in [0.15, 0.2) is 59.1 Å². The first kappa shape index (κ1) is 19.2. The number of methoxy groups -OCH3 is 1. The van der Waals surface area contributed by atoms with E-state index in [1.165, 1.54) is 0 Å². The van der Waals surface area contributed by atoms with Gasteiger partial charge in [0, 0.05) is 37.3 Å². The van der Waals surface area contributed by atoms with Gasteiger partial charge in [0.2, 0.25) is 5.89 Å². The van der Waals surface area contributed by atoms with E-state index in [1.807, 2.05) is 53.4 Å². The van der Waals surface area contributed by atoms with Gasteiger partial charge in [-0.15, -0.1) is 0 Å². The number of hydrogen-bond donors (Lipinski definition) is 0. The third-order valence-corrected chi connectivity index (χ3v) is 5.35. The summed E-state index contributed by atoms with van der Waals surface area (Å²) in [5, 5.41) is 0. The van der Waals surface area contributed by atoms with E-state index in [4.69, 9.17) is 9.15 Å². The van der Waals surface area contributed by atoms with Crippen LogP contribution in [-0.2, 0) is 0 Å². The van der Waals surface area contributed by atoms with Gasteiger partial charge in [-0.05, 0) is 30.8 Å². The van der Waals surface area contributed by atoms with Crippen LogP contribution >= 0.6 is 0 Å². The van der Waals surface area contributed by atoms with Crippen molar-refractivity contribution in [3.8, 4) is 28.5 Å². The summed E-state index contributed by atoms with van der Waals surface area (Å²) in [6, 6.07) is 15.1. The molecule has 1 saturated heterocycles. The number of benzene rings is 2. The average molecular weight is 391 g/mol. The number of likely N-dealkylation sites (N-methyl/N-ethyl adjacent to an activating group) is 1. The van der Waals surface area contributed by atoms with Gasteiger partial charge in [-0.2, -0.15) is 0 Å². The smallest absolute Gasteiger partial charge is 0.254 e. The number of piperazine rings is 1. The molecule has 3 aromatic rings. The lowest BCUT2D eigenvalue weighted by molar-refractivity contribution is 0.0644. The molecule has 0 N–H and O–H groups in total. The molecule has 0 atom stereocenters. The van der Waals surface area contributed by atoms with Gasteiger partial charge in [-0.1, -0.05) is 31.2 Å². The first-order valence-electron chi connectivity index (χ1n) is 9.91. The summed E-state index contributed by atoms with van der Waals surface area (Å²) in [5.41, 5.74) is 2.21. The van der Waals surface area contributed by atoms with Crippen molar-refractivity contribution in [2.75, 3.05) is 39.8 Å². The van der Waals surface area contributed by atoms with E-state index in [2.05, 4.69) is 16.8 Å². The second-order valence-electron chi connectivity index (χ2n) is 7.03. The summed E-state index contributed by atoms with van der Waals surface area (Å²) >= 11 is 0. The predicted octanol–water partition coefficient (Wildman–Crippen LogP) is 3.79. The first-order valence-corrected chi connectivity index (χ1v) is 9.91. The van der Waals surface area contributed by atoms with Crippen LogP contribution in [0, 0.1) is 0 Å². The third-order valence-electron chi connectivity index (χ3n) is 5.35. The van der Waals surface area contributed by atoms with Crippen molar-refractivity contribution in [1.29, 1.82) is 0 Å². The highest BCUT2D eigenvalue weighted by molar-refractivity contribution is 6.00. The van der Waals surface area contributed by atoms with Crippen LogP contribution in [-0.4, -0.2) is 60.5 Å². The monoisotopic (exact) mass is 391 g/mol. The van der Waals surface area contributed by atoms with Crippen molar-refractivity contribution < 1.29 is 13.9 Å². The molecule has 1 aliphatic heterocycles. The van der Waals surface area contributed by atoms with E-state index in [9.17, 15) is 4.79 Å². The van der Waals surface area contributed by atoms with E-state index in [0.717, 1.165) is 44.0 Å². The molecule has 1 aliphatic rings. The van der Waals surface area contributed by atoms with Crippen LogP contribution in [0.2, 0.25) is 0 Å². The van der Waals surface area contributed by atoms with Crippen LogP contribution < -0.4 is 4.74 Å². The minimum atomic E-state index is 0.0254. The van der Waals surface area contributed by atoms with Gasteiger partial charge in [0.1, 0.15) is 5.75 Å². The molecule has 29 heavy (non-hydrogen) atoms. The normalized spacial score (nSPS) is 14.8. The molecule has 1 fully saturated rings. The van der Waals surface area contributed by atoms with Gasteiger partial charge in [-0.25, -0.2) is 4.98 Å². The molecule has 2 heterocycles. The van der Waals surface area contributed by atoms with Crippen molar-refractivity contribution in [2.24, 2.45) is 0 Å². The average Bonchev–Trinajstić information content (AvgIpc) is 3.29. The zero-order valence-electron chi connectivity index (χ0n) is 16.8. The number of carbonyl (C=O) groups is 1. The number of oxazole rings is 1. The van der Waals surface area contributed by atoms with E-state index in [-0.39, 0.29) is 5.91 Å². The number of aromatic nitrogens is 1. The summed E-state index contributed by atoms with van der Waals surface area (Å²) in [7, 11) is 1.63. The summed E-state index contributed by atoms with van der Waals surface area (Å²) in [6.45, 7) is 6.45. The first-order chi connectivity index (χ1) is 14.2. The zero-order chi connectivity index (χ0) is 20.2. The molecule has 0 spiro atoms. The summed E-state index contributed by atoms with van der Waals surface area (Å²) in [5.74, 6) is 1.86. The Morgan fingerprint density at radius 1 is 1.10 bits per heavy atom. The van der Waals surface area contributed by atoms with Gasteiger partial charge >= 0.3 is 0 Å². The Morgan fingerprint density at radius 3 is 2.66 bits per heavy atom. The molecule has 1 amide bonds. The van der Waals surface area contributed by atoms with Gasteiger partial charge in [-0.3, -0.25) is 4.79 Å². The van der Waals surface area contributed by atoms with Crippen LogP contribution in [0.4, 0.5) is 0 Å². The van der Waals surface area contributed by atoms with Crippen molar-refractivity contribution in [2.45, 2.75) is 6.92 Å². The van der Waals surface area contributed by atoms with Gasteiger partial charge in [0.25, 0.3) is 5.91 Å². The van der Waals surface area contributed by atoms with E-state index >= 15 is 0 Å². The number of hydrogen-bond acceptors (Lipinski definition) is 5. The molecule has 0 saturated carbocycles. The van der Waals surface area contributed by atoms with Crippen LogP contribution in [0.1, 0.15) is 17.3 Å². The van der Waals surface area contributed by atoms with Crippen molar-refractivity contribution in [1.82, 2.24) is 14.8 Å². The van der Waals surface area contributed by atoms with Crippen LogP contribution in [0.3, 0.4) is 0 Å². The molecule has 0 radical (unpaired) electrons. The van der Waals surface area contributed by atoms with Crippen molar-refractivity contribution >= 4 is 5.91 Å². The van der Waals surface area contributed by atoms with E-state index in [0.29, 0.717) is 22.8 Å². The highest BCUT2D eigenvalue weighted by atomic mass is 16.5. The summed E-state index contributed by atoms with van der Waals surface area (Å²) < 4.78 is 11.3. The Morgan fingerprint density at radius 2 is 1.90 bits per heavy atom. The fourth-order valence-corrected chi connectivity index (χ4v) is 3.60. The maximum absolute atomic E-state index is 13.2. The van der Waals surface area contributed by atoms with Gasteiger partial charge in [0.05, 0.1) is 18.9 Å². The molecule has 1 aromatic heterocycles. The van der Waals surface area contributed by atoms with E-state index < -0.39 is 0 Å². The maximum atomic E-state index is 13.2. The Hall–Kier alpha value is -3.12. The number of carbonyl (C=O) groups excluding carboxylic acids is 1. The van der Waals surface area contributed by atoms with Gasteiger partial charge in [0.15, 0.2) is 5.76 Å². The lowest BCUT2D eigenvalue weighted by Gasteiger charge is -2.34. The maximum Gasteiger partial charge on any atom is 0.254 e. The molecule has 0 bridgehead atoms. The second-order valence-corrected chi connectivity index (χ2v) is 7.03. The minimum Gasteiger partial charge on any atom is -0.497 e. The highest BCUT2D eigenvalue weighted by Crippen LogP contribution is 2.30. The Labute approximate surface area is 170 Å². The number of ether oxygens (including phenoxy) is 1. The molecule has 2 aromatic carbocycles. The third kappa shape index (κ3) is 4.03. The Kier molecular flexibility index (Phi) is 5.62. The molecular formula is C23H25N3O3. The fourth-order valence-electron chi connectivity index (χ4n) is 3.60. The standard InChI is InChI=1S/C23H25N3O3/c1-3-25-11-13-26(14-12-25)23(27)20-10-5-4-9-19(20)22-24-16-21(29-22)17-7-6-8-18(15-17)28-2/h4-10,15-16H,3,11-14H2,1-2H3. The highest BCUT2D eigenvalue weighted by Gasteiger charge is 2.24. The Balaban J connectivity index is 1.60. The SMILES string of the molecule is CCN1CCN(C(=O)c2ccccc2-c2ncc(-c3cccc(OC)c3)o2)CC1. The molecule has 0 aliphatic carbocycles. The zero-order valence-corrected chi connectivity index (χ0v) is 16.8. The molecule has 0 unspecified atom stereocenters. The predicted molar refractivity (Wildman–Crippen MR) is 112 cm³/mol. The van der Waals surface area contributed by atoms with Gasteiger partial charge < -0.3 is 19.0 Å². The molecule has 6 nitrogen and oxygen atoms in total. The molecule has 150 valence electrons. The van der Waals surface area contributed by atoms with Crippen LogP contribution in [0.25, 0.3) is 22.8 Å². The molecule has 6 heteroatoms. The minimum absolute atomic E-state index is 0.0254. The lowest BCUT2D eigenvalue weighted by Crippen LogP contribution is -2.48. The van der Waals surface area contributed by atoms with E-state index in [1.54, 1.807) is 13.3 Å². The Bertz CT molecular complexity index is 990. The number of rotatable bonds is 5. The van der Waals surface area contributed by atoms with Crippen molar-refractivity contribution in [3.63, 3.8) is 0 Å². The summed E-state index contributed by atoms with van der Waals surface area (Å²) in [4.78, 5) is 21.9. The van der Waals surface area contributed by atoms with Crippen LogP contribution in [0.5, 0.6) is 5.75 Å². The largest absolute Gasteiger partial charge is 0.497 e. The number of amides is 1.